The number of carbonyl (C=O) groups is 2. The Kier molecular flexibility index (Phi) is 6.73. The zero-order chi connectivity index (χ0) is 20.9. The highest BCUT2D eigenvalue weighted by Crippen LogP contribution is 2.21. The van der Waals surface area contributed by atoms with E-state index in [2.05, 4.69) is 15.0 Å². The Morgan fingerprint density at radius 3 is 2.79 bits per heavy atom. The summed E-state index contributed by atoms with van der Waals surface area (Å²) in [4.78, 5) is 29.7. The lowest BCUT2D eigenvalue weighted by atomic mass is 9.97. The van der Waals surface area contributed by atoms with Crippen molar-refractivity contribution in [3.63, 3.8) is 0 Å². The second-order valence-corrected chi connectivity index (χ2v) is 9.07. The number of likely N-dealkylation sites (tertiary alicyclic amines) is 1. The van der Waals surface area contributed by atoms with Crippen LogP contribution < -0.4 is 15.8 Å². The Bertz CT molecular complexity index is 900. The second-order valence-electron chi connectivity index (χ2n) is 7.39. The average Bonchev–Trinajstić information content (AvgIpc) is 2.96. The minimum atomic E-state index is -3.78. The Hall–Kier alpha value is -2.62. The molecule has 10 heteroatoms. The smallest absolute Gasteiger partial charge is 0.314 e. The number of hydrogen-bond donors (Lipinski definition) is 3. The molecule has 0 bridgehead atoms. The molecule has 0 aliphatic carbocycles. The number of anilines is 1. The zero-order valence-corrected chi connectivity index (χ0v) is 17.1. The predicted molar refractivity (Wildman–Crippen MR) is 110 cm³/mol. The molecule has 1 fully saturated rings. The molecule has 0 spiro atoms. The van der Waals surface area contributed by atoms with Crippen molar-refractivity contribution in [2.45, 2.75) is 43.4 Å². The fourth-order valence-electron chi connectivity index (χ4n) is 3.55. The molecule has 0 saturated carbocycles. The summed E-state index contributed by atoms with van der Waals surface area (Å²) in [6.45, 7) is 1.43. The van der Waals surface area contributed by atoms with Crippen molar-refractivity contribution in [1.82, 2.24) is 9.62 Å². The van der Waals surface area contributed by atoms with E-state index in [1.165, 1.54) is 17.0 Å². The van der Waals surface area contributed by atoms with Crippen molar-refractivity contribution in [1.29, 1.82) is 0 Å². The fraction of sp³-hybridized carbons (Fsp3) is 0.526. The van der Waals surface area contributed by atoms with Gasteiger partial charge in [-0.15, -0.1) is 0 Å². The van der Waals surface area contributed by atoms with Gasteiger partial charge in [-0.25, -0.2) is 13.2 Å². The maximum absolute atomic E-state index is 12.7. The van der Waals surface area contributed by atoms with Gasteiger partial charge in [-0.2, -0.15) is 0 Å². The molecule has 2 aliphatic rings. The van der Waals surface area contributed by atoms with Crippen molar-refractivity contribution in [3.05, 3.63) is 24.3 Å². The summed E-state index contributed by atoms with van der Waals surface area (Å²) >= 11 is 0. The first-order valence-corrected chi connectivity index (χ1v) is 11.3. The van der Waals surface area contributed by atoms with Crippen LogP contribution in [0, 0.1) is 5.92 Å². The third-order valence-corrected chi connectivity index (χ3v) is 6.52. The summed E-state index contributed by atoms with van der Waals surface area (Å²) in [5, 5.41) is 2.76. The third kappa shape index (κ3) is 5.69. The molecule has 1 atom stereocenters. The van der Waals surface area contributed by atoms with Gasteiger partial charge < -0.3 is 16.0 Å². The van der Waals surface area contributed by atoms with Crippen LogP contribution in [-0.2, 0) is 14.8 Å². The van der Waals surface area contributed by atoms with Crippen LogP contribution in [0.15, 0.2) is 34.2 Å². The number of primary amides is 1. The van der Waals surface area contributed by atoms with E-state index in [0.717, 1.165) is 19.3 Å². The van der Waals surface area contributed by atoms with E-state index in [4.69, 9.17) is 5.73 Å². The number of sulfonamides is 1. The van der Waals surface area contributed by atoms with Crippen LogP contribution in [0.4, 0.5) is 10.5 Å². The van der Waals surface area contributed by atoms with Gasteiger partial charge in [-0.1, -0.05) is 12.5 Å². The van der Waals surface area contributed by atoms with Crippen LogP contribution in [0.3, 0.4) is 0 Å². The topological polar surface area (TPSA) is 134 Å². The molecular formula is C19H27N5O4S. The summed E-state index contributed by atoms with van der Waals surface area (Å²) in [6.07, 6.45) is 4.84. The molecule has 2 aliphatic heterocycles. The van der Waals surface area contributed by atoms with E-state index in [9.17, 15) is 18.0 Å². The Morgan fingerprint density at radius 1 is 1.17 bits per heavy atom. The second kappa shape index (κ2) is 9.25. The first-order chi connectivity index (χ1) is 13.8. The molecule has 2 heterocycles. The molecule has 1 saturated heterocycles. The molecule has 0 aromatic heterocycles. The molecule has 9 nitrogen and oxygen atoms in total. The Balaban J connectivity index is 1.68. The van der Waals surface area contributed by atoms with Gasteiger partial charge in [0.25, 0.3) is 10.0 Å². The van der Waals surface area contributed by atoms with Gasteiger partial charge in [0.05, 0.1) is 10.8 Å². The van der Waals surface area contributed by atoms with Crippen LogP contribution in [0.25, 0.3) is 0 Å². The van der Waals surface area contributed by atoms with Gasteiger partial charge >= 0.3 is 6.03 Å². The Morgan fingerprint density at radius 2 is 2.00 bits per heavy atom. The van der Waals surface area contributed by atoms with E-state index in [0.29, 0.717) is 43.9 Å². The van der Waals surface area contributed by atoms with Crippen molar-refractivity contribution in [2.24, 2.45) is 16.6 Å². The molecular weight excluding hydrogens is 394 g/mol. The minimum Gasteiger partial charge on any atom is -0.351 e. The van der Waals surface area contributed by atoms with Gasteiger partial charge in [0.1, 0.15) is 5.84 Å². The lowest BCUT2D eigenvalue weighted by Crippen LogP contribution is -2.46. The minimum absolute atomic E-state index is 0.0599. The maximum atomic E-state index is 12.7. The maximum Gasteiger partial charge on any atom is 0.314 e. The number of rotatable bonds is 4. The van der Waals surface area contributed by atoms with Crippen molar-refractivity contribution in [3.8, 4) is 0 Å². The lowest BCUT2D eigenvalue weighted by molar-refractivity contribution is -0.121. The standard InChI is InChI=1S/C19H27N5O4S/c20-19(26)24-11-5-6-14(13-24)18(25)22-15-7-4-8-16(12-15)29(27,28)23-17-9-2-1-3-10-21-17/h4,7-8,12,14H,1-3,5-6,9-11,13H2,(H2,20,26)(H,21,23)(H,22,25)/t14-/m1/s1. The van der Waals surface area contributed by atoms with Crippen molar-refractivity contribution < 1.29 is 18.0 Å². The first kappa shape index (κ1) is 21.1. The summed E-state index contributed by atoms with van der Waals surface area (Å²) < 4.78 is 28.0. The largest absolute Gasteiger partial charge is 0.351 e. The van der Waals surface area contributed by atoms with Gasteiger partial charge in [0.15, 0.2) is 0 Å². The molecule has 158 valence electrons. The number of amidine groups is 1. The summed E-state index contributed by atoms with van der Waals surface area (Å²) in [5.41, 5.74) is 5.69. The number of nitrogens with zero attached hydrogens (tertiary/aromatic N) is 2. The number of urea groups is 1. The molecule has 1 aromatic carbocycles. The zero-order valence-electron chi connectivity index (χ0n) is 16.3. The molecule has 3 rings (SSSR count). The van der Waals surface area contributed by atoms with E-state index >= 15 is 0 Å². The quantitative estimate of drug-likeness (QED) is 0.681. The third-order valence-electron chi connectivity index (χ3n) is 5.14. The number of nitrogens with one attached hydrogen (secondary N) is 2. The van der Waals surface area contributed by atoms with Crippen molar-refractivity contribution >= 4 is 33.5 Å². The van der Waals surface area contributed by atoms with Crippen LogP contribution in [0.5, 0.6) is 0 Å². The van der Waals surface area contributed by atoms with E-state index < -0.39 is 16.1 Å². The molecule has 29 heavy (non-hydrogen) atoms. The number of hydrogen-bond acceptors (Lipinski definition) is 5. The van der Waals surface area contributed by atoms with Gasteiger partial charge in [-0.05, 0) is 43.9 Å². The van der Waals surface area contributed by atoms with Crippen LogP contribution in [0.2, 0.25) is 0 Å². The number of aliphatic imine (C=N–C) groups is 1. The average molecular weight is 422 g/mol. The first-order valence-electron chi connectivity index (χ1n) is 9.86. The van der Waals surface area contributed by atoms with E-state index in [1.807, 2.05) is 0 Å². The van der Waals surface area contributed by atoms with Crippen molar-refractivity contribution in [2.75, 3.05) is 25.0 Å². The molecule has 0 unspecified atom stereocenters. The number of nitrogens with two attached hydrogens (primary N) is 1. The Labute approximate surface area is 170 Å². The summed E-state index contributed by atoms with van der Waals surface area (Å²) in [7, 11) is -3.78. The van der Waals surface area contributed by atoms with Crippen LogP contribution >= 0.6 is 0 Å². The van der Waals surface area contributed by atoms with Crippen LogP contribution in [-0.4, -0.2) is 50.7 Å². The highest BCUT2D eigenvalue weighted by Gasteiger charge is 2.27. The molecule has 1 aromatic rings. The number of amides is 3. The highest BCUT2D eigenvalue weighted by molar-refractivity contribution is 7.90. The predicted octanol–water partition coefficient (Wildman–Crippen LogP) is 1.67. The van der Waals surface area contributed by atoms with E-state index in [1.54, 1.807) is 12.1 Å². The van der Waals surface area contributed by atoms with Crippen LogP contribution in [0.1, 0.15) is 38.5 Å². The van der Waals surface area contributed by atoms with Gasteiger partial charge in [-0.3, -0.25) is 14.5 Å². The number of benzene rings is 1. The molecule has 4 N–H and O–H groups in total. The van der Waals surface area contributed by atoms with E-state index in [-0.39, 0.29) is 23.3 Å². The molecule has 0 radical (unpaired) electrons. The monoisotopic (exact) mass is 421 g/mol. The van der Waals surface area contributed by atoms with Gasteiger partial charge in [0.2, 0.25) is 5.91 Å². The summed E-state index contributed by atoms with van der Waals surface area (Å²) in [6, 6.07) is 5.57. The number of piperidine rings is 1. The number of carbonyl (C=O) groups excluding carboxylic acids is 2. The lowest BCUT2D eigenvalue weighted by Gasteiger charge is -2.30. The molecule has 3 amide bonds. The SMILES string of the molecule is NC(=O)N1CCC[C@@H](C(=O)Nc2cccc(S(=O)(=O)NC3=NCCCCC3)c2)C1. The fourth-order valence-corrected chi connectivity index (χ4v) is 4.68. The summed E-state index contributed by atoms with van der Waals surface area (Å²) in [5.74, 6) is -0.160. The van der Waals surface area contributed by atoms with Gasteiger partial charge in [0, 0.05) is 31.7 Å². The highest BCUT2D eigenvalue weighted by atomic mass is 32.2. The normalized spacial score (nSPS) is 20.3.